The third-order valence-corrected chi connectivity index (χ3v) is 3.54. The van der Waals surface area contributed by atoms with Gasteiger partial charge >= 0.3 is 11.5 Å². The van der Waals surface area contributed by atoms with Gasteiger partial charge in [0, 0.05) is 10.8 Å². The quantitative estimate of drug-likeness (QED) is 0.462. The summed E-state index contributed by atoms with van der Waals surface area (Å²) in [5.41, 5.74) is -4.04. The number of carbonyl (C=O) groups is 1. The number of nitrogens with zero attached hydrogens (tertiary/aromatic N) is 1. The number of alkyl halides is 4. The van der Waals surface area contributed by atoms with Gasteiger partial charge in [-0.2, -0.15) is 18.4 Å². The molecular formula is C13H11ClF3NO2S. The molecule has 0 heterocycles. The fourth-order valence-corrected chi connectivity index (χ4v) is 2.65. The fraction of sp³-hybridized carbons (Fsp3) is 0.385. The molecule has 0 saturated carbocycles. The lowest BCUT2D eigenvalue weighted by Crippen LogP contribution is -2.10. The van der Waals surface area contributed by atoms with E-state index in [1.54, 1.807) is 13.0 Å². The van der Waals surface area contributed by atoms with Crippen molar-refractivity contribution in [3.63, 3.8) is 0 Å². The molecule has 1 aromatic carbocycles. The maximum atomic E-state index is 12.5. The standard InChI is InChI=1S/C13H11ClF3NO2S/c1-2-20-12(19)5-8-3-4-11(21-13(15,16)17)10(7-18)9(8)6-14/h3-4H,2,5-6H2,1H3. The Kier molecular flexibility index (Phi) is 6.37. The van der Waals surface area contributed by atoms with Crippen LogP contribution in [0.3, 0.4) is 0 Å². The smallest absolute Gasteiger partial charge is 0.446 e. The summed E-state index contributed by atoms with van der Waals surface area (Å²) in [6, 6.07) is 4.26. The topological polar surface area (TPSA) is 50.1 Å². The van der Waals surface area contributed by atoms with Crippen LogP contribution in [0.5, 0.6) is 0 Å². The average molecular weight is 338 g/mol. The summed E-state index contributed by atoms with van der Waals surface area (Å²) >= 11 is 5.35. The van der Waals surface area contributed by atoms with Crippen molar-refractivity contribution in [1.82, 2.24) is 0 Å². The first-order valence-electron chi connectivity index (χ1n) is 5.84. The van der Waals surface area contributed by atoms with E-state index in [2.05, 4.69) is 0 Å². The predicted molar refractivity (Wildman–Crippen MR) is 73.0 cm³/mol. The van der Waals surface area contributed by atoms with Crippen LogP contribution in [0.4, 0.5) is 13.2 Å². The summed E-state index contributed by atoms with van der Waals surface area (Å²) in [6.07, 6.45) is -0.137. The van der Waals surface area contributed by atoms with Crippen molar-refractivity contribution >= 4 is 29.3 Å². The Morgan fingerprint density at radius 2 is 2.14 bits per heavy atom. The maximum Gasteiger partial charge on any atom is 0.446 e. The van der Waals surface area contributed by atoms with Gasteiger partial charge < -0.3 is 4.74 Å². The summed E-state index contributed by atoms with van der Waals surface area (Å²) < 4.78 is 42.1. The lowest BCUT2D eigenvalue weighted by atomic mass is 10.0. The zero-order valence-electron chi connectivity index (χ0n) is 11.0. The van der Waals surface area contributed by atoms with E-state index in [0.717, 1.165) is 0 Å². The van der Waals surface area contributed by atoms with Crippen molar-refractivity contribution < 1.29 is 22.7 Å². The Hall–Kier alpha value is -1.39. The van der Waals surface area contributed by atoms with Gasteiger partial charge in [0.25, 0.3) is 0 Å². The van der Waals surface area contributed by atoms with Crippen LogP contribution in [-0.4, -0.2) is 18.1 Å². The number of ether oxygens (including phenoxy) is 1. The number of nitriles is 1. The largest absolute Gasteiger partial charge is 0.466 e. The fourth-order valence-electron chi connectivity index (χ4n) is 1.69. The van der Waals surface area contributed by atoms with E-state index >= 15 is 0 Å². The molecule has 0 fully saturated rings. The molecule has 3 nitrogen and oxygen atoms in total. The molecule has 21 heavy (non-hydrogen) atoms. The van der Waals surface area contributed by atoms with Crippen molar-refractivity contribution in [3.8, 4) is 6.07 Å². The molecule has 0 radical (unpaired) electrons. The molecule has 0 spiro atoms. The van der Waals surface area contributed by atoms with Crippen molar-refractivity contribution in [1.29, 1.82) is 5.26 Å². The van der Waals surface area contributed by atoms with Gasteiger partial charge in [-0.05, 0) is 35.9 Å². The second-order valence-electron chi connectivity index (χ2n) is 3.85. The van der Waals surface area contributed by atoms with Crippen LogP contribution in [0.2, 0.25) is 0 Å². The Labute approximate surface area is 129 Å². The summed E-state index contributed by atoms with van der Waals surface area (Å²) in [6.45, 7) is 1.84. The normalized spacial score (nSPS) is 11.0. The number of hydrogen-bond donors (Lipinski definition) is 0. The Morgan fingerprint density at radius 1 is 1.48 bits per heavy atom. The van der Waals surface area contributed by atoms with E-state index in [0.29, 0.717) is 5.56 Å². The minimum absolute atomic E-state index is 0.137. The molecular weight excluding hydrogens is 327 g/mol. The number of benzene rings is 1. The first-order valence-corrected chi connectivity index (χ1v) is 7.19. The molecule has 0 aliphatic carbocycles. The Bertz CT molecular complexity index is 570. The molecule has 0 unspecified atom stereocenters. The van der Waals surface area contributed by atoms with Gasteiger partial charge in [0.05, 0.1) is 18.6 Å². The molecule has 0 aromatic heterocycles. The highest BCUT2D eigenvalue weighted by molar-refractivity contribution is 8.00. The van der Waals surface area contributed by atoms with Gasteiger partial charge in [-0.25, -0.2) is 0 Å². The molecule has 114 valence electrons. The van der Waals surface area contributed by atoms with Gasteiger partial charge in [0.2, 0.25) is 0 Å². The molecule has 0 aliphatic rings. The number of carbonyl (C=O) groups excluding carboxylic acids is 1. The van der Waals surface area contributed by atoms with Crippen LogP contribution in [0.15, 0.2) is 17.0 Å². The lowest BCUT2D eigenvalue weighted by molar-refractivity contribution is -0.142. The van der Waals surface area contributed by atoms with E-state index in [1.165, 1.54) is 12.1 Å². The van der Waals surface area contributed by atoms with Crippen LogP contribution in [0.1, 0.15) is 23.6 Å². The van der Waals surface area contributed by atoms with Gasteiger partial charge in [-0.15, -0.1) is 11.6 Å². The van der Waals surface area contributed by atoms with E-state index in [9.17, 15) is 18.0 Å². The minimum atomic E-state index is -4.50. The zero-order chi connectivity index (χ0) is 16.0. The zero-order valence-corrected chi connectivity index (χ0v) is 12.5. The van der Waals surface area contributed by atoms with Crippen LogP contribution in [0, 0.1) is 11.3 Å². The van der Waals surface area contributed by atoms with E-state index in [4.69, 9.17) is 21.6 Å². The lowest BCUT2D eigenvalue weighted by Gasteiger charge is -2.13. The molecule has 0 atom stereocenters. The van der Waals surface area contributed by atoms with Crippen molar-refractivity contribution in [2.24, 2.45) is 0 Å². The Balaban J connectivity index is 3.20. The van der Waals surface area contributed by atoms with E-state index in [-0.39, 0.29) is 46.7 Å². The van der Waals surface area contributed by atoms with E-state index < -0.39 is 11.5 Å². The van der Waals surface area contributed by atoms with Gasteiger partial charge in [0.1, 0.15) is 6.07 Å². The van der Waals surface area contributed by atoms with Crippen LogP contribution in [-0.2, 0) is 21.8 Å². The molecule has 0 aliphatic heterocycles. The first kappa shape index (κ1) is 17.7. The SMILES string of the molecule is CCOC(=O)Cc1ccc(SC(F)(F)F)c(C#N)c1CCl. The molecule has 1 aromatic rings. The van der Waals surface area contributed by atoms with E-state index in [1.807, 2.05) is 0 Å². The molecule has 0 amide bonds. The maximum absolute atomic E-state index is 12.5. The number of halogens is 4. The summed E-state index contributed by atoms with van der Waals surface area (Å²) in [5, 5.41) is 9.08. The number of esters is 1. The van der Waals surface area contributed by atoms with Gasteiger partial charge in [-0.1, -0.05) is 6.07 Å². The molecule has 0 saturated heterocycles. The second-order valence-corrected chi connectivity index (χ2v) is 5.23. The van der Waals surface area contributed by atoms with Crippen molar-refractivity contribution in [2.45, 2.75) is 29.6 Å². The highest BCUT2D eigenvalue weighted by Gasteiger charge is 2.31. The van der Waals surface area contributed by atoms with Crippen molar-refractivity contribution in [3.05, 3.63) is 28.8 Å². The van der Waals surface area contributed by atoms with Crippen LogP contribution >= 0.6 is 23.4 Å². The molecule has 0 N–H and O–H groups in total. The van der Waals surface area contributed by atoms with Crippen LogP contribution in [0.25, 0.3) is 0 Å². The third-order valence-electron chi connectivity index (χ3n) is 2.48. The summed E-state index contributed by atoms with van der Waals surface area (Å²) in [4.78, 5) is 11.2. The molecule has 8 heteroatoms. The highest BCUT2D eigenvalue weighted by Crippen LogP contribution is 2.40. The summed E-state index contributed by atoms with van der Waals surface area (Å²) in [7, 11) is 0. The predicted octanol–water partition coefficient (Wildman–Crippen LogP) is 4.01. The molecule has 1 rings (SSSR count). The third kappa shape index (κ3) is 5.14. The van der Waals surface area contributed by atoms with Gasteiger partial charge in [-0.3, -0.25) is 4.79 Å². The second kappa shape index (κ2) is 7.57. The average Bonchev–Trinajstić information content (AvgIpc) is 2.38. The van der Waals surface area contributed by atoms with Gasteiger partial charge in [0.15, 0.2) is 0 Å². The monoisotopic (exact) mass is 337 g/mol. The highest BCUT2D eigenvalue weighted by atomic mass is 35.5. The Morgan fingerprint density at radius 3 is 2.62 bits per heavy atom. The minimum Gasteiger partial charge on any atom is -0.466 e. The van der Waals surface area contributed by atoms with Crippen LogP contribution < -0.4 is 0 Å². The summed E-state index contributed by atoms with van der Waals surface area (Å²) in [5.74, 6) is -0.687. The number of rotatable bonds is 5. The molecule has 0 bridgehead atoms. The number of thioether (sulfide) groups is 1. The first-order chi connectivity index (χ1) is 9.82. The number of hydrogen-bond acceptors (Lipinski definition) is 4. The van der Waals surface area contributed by atoms with Crippen molar-refractivity contribution in [2.75, 3.05) is 6.61 Å².